The van der Waals surface area contributed by atoms with Gasteiger partial charge in [0.25, 0.3) is 0 Å². The molecule has 0 radical (unpaired) electrons. The summed E-state index contributed by atoms with van der Waals surface area (Å²) >= 11 is 14.9. The lowest BCUT2D eigenvalue weighted by Crippen LogP contribution is -2.24. The molecule has 2 aromatic rings. The van der Waals surface area contributed by atoms with Gasteiger partial charge < -0.3 is 5.32 Å². The highest BCUT2D eigenvalue weighted by Crippen LogP contribution is 2.37. The van der Waals surface area contributed by atoms with E-state index in [2.05, 4.69) is 50.2 Å². The second-order valence-electron chi connectivity index (χ2n) is 4.73. The first kappa shape index (κ1) is 17.4. The molecule has 1 unspecified atom stereocenters. The van der Waals surface area contributed by atoms with Gasteiger partial charge in [-0.2, -0.15) is 0 Å². The van der Waals surface area contributed by atoms with Crippen LogP contribution in [0.4, 0.5) is 4.39 Å². The summed E-state index contributed by atoms with van der Waals surface area (Å²) in [5.41, 5.74) is 2.14. The zero-order valence-corrected chi connectivity index (χ0v) is 16.2. The summed E-state index contributed by atoms with van der Waals surface area (Å²) in [4.78, 5) is 0. The molecule has 21 heavy (non-hydrogen) atoms. The Hall–Kier alpha value is 0.0600. The van der Waals surface area contributed by atoms with Crippen LogP contribution in [0, 0.1) is 5.82 Å². The van der Waals surface area contributed by atoms with Crippen molar-refractivity contribution in [1.29, 1.82) is 0 Å². The molecule has 2 rings (SSSR count). The summed E-state index contributed by atoms with van der Waals surface area (Å²) in [6.07, 6.45) is 1.78. The molecule has 0 aliphatic rings. The van der Waals surface area contributed by atoms with E-state index >= 15 is 0 Å². The minimum atomic E-state index is -0.304. The van der Waals surface area contributed by atoms with Gasteiger partial charge >= 0.3 is 0 Å². The van der Waals surface area contributed by atoms with Crippen molar-refractivity contribution in [1.82, 2.24) is 5.32 Å². The Bertz CT molecular complexity index is 618. The van der Waals surface area contributed by atoms with Crippen LogP contribution in [0.15, 0.2) is 31.8 Å². The highest BCUT2D eigenvalue weighted by molar-refractivity contribution is 9.12. The Labute approximate surface area is 150 Å². The van der Waals surface area contributed by atoms with Crippen molar-refractivity contribution >= 4 is 54.8 Å². The second kappa shape index (κ2) is 8.06. The fourth-order valence-electron chi connectivity index (χ4n) is 2.11. The maximum atomic E-state index is 13.2. The molecule has 0 spiro atoms. The van der Waals surface area contributed by atoms with Gasteiger partial charge in [0.15, 0.2) is 0 Å². The van der Waals surface area contributed by atoms with Crippen LogP contribution in [0.5, 0.6) is 0 Å². The maximum absolute atomic E-state index is 13.2. The van der Waals surface area contributed by atoms with Crippen LogP contribution < -0.4 is 5.32 Å². The number of thiophene rings is 1. The third-order valence-corrected chi connectivity index (χ3v) is 5.88. The number of halogens is 4. The van der Waals surface area contributed by atoms with E-state index in [9.17, 15) is 4.39 Å². The van der Waals surface area contributed by atoms with Crippen LogP contribution in [0.1, 0.15) is 30.5 Å². The van der Waals surface area contributed by atoms with Gasteiger partial charge in [-0.3, -0.25) is 0 Å². The van der Waals surface area contributed by atoms with Gasteiger partial charge in [0, 0.05) is 11.1 Å². The number of hydrogen-bond acceptors (Lipinski definition) is 2. The lowest BCUT2D eigenvalue weighted by Gasteiger charge is -2.19. The van der Waals surface area contributed by atoms with Gasteiger partial charge in [0.2, 0.25) is 0 Å². The summed E-state index contributed by atoms with van der Waals surface area (Å²) in [5.74, 6) is -0.304. The van der Waals surface area contributed by atoms with Crippen LogP contribution in [0.3, 0.4) is 0 Å². The van der Waals surface area contributed by atoms with Gasteiger partial charge in [0.05, 0.1) is 7.57 Å². The summed E-state index contributed by atoms with van der Waals surface area (Å²) < 4.78 is 15.3. The smallest absolute Gasteiger partial charge is 0.124 e. The van der Waals surface area contributed by atoms with Crippen molar-refractivity contribution in [2.24, 2.45) is 0 Å². The first-order chi connectivity index (χ1) is 10.0. The van der Waals surface area contributed by atoms with Crippen LogP contribution in [0.2, 0.25) is 5.02 Å². The van der Waals surface area contributed by atoms with Crippen LogP contribution in [0.25, 0.3) is 0 Å². The number of hydrogen-bond donors (Lipinski definition) is 1. The molecular formula is C15H15Br2ClFNS. The standard InChI is InChI=1S/C15H15Br2ClFNS/c1-2-5-20-13(11-8-14(16)21-15(11)17)6-9-3-4-10(19)7-12(9)18/h3-4,7-8,13,20H,2,5-6H2,1H3. The Balaban J connectivity index is 2.26. The van der Waals surface area contributed by atoms with Gasteiger partial charge in [0.1, 0.15) is 5.82 Å². The molecule has 1 N–H and O–H groups in total. The molecule has 0 aliphatic heterocycles. The third kappa shape index (κ3) is 4.76. The van der Waals surface area contributed by atoms with E-state index in [1.165, 1.54) is 17.7 Å². The van der Waals surface area contributed by atoms with Crippen molar-refractivity contribution in [3.05, 3.63) is 53.8 Å². The Morgan fingerprint density at radius 3 is 2.67 bits per heavy atom. The Morgan fingerprint density at radius 2 is 2.10 bits per heavy atom. The monoisotopic (exact) mass is 453 g/mol. The van der Waals surface area contributed by atoms with Crippen molar-refractivity contribution in [2.75, 3.05) is 6.54 Å². The quantitative estimate of drug-likeness (QED) is 0.535. The van der Waals surface area contributed by atoms with Gasteiger partial charge in [-0.1, -0.05) is 24.6 Å². The predicted octanol–water partition coefficient (Wildman–Crippen LogP) is 6.35. The molecule has 1 aromatic carbocycles. The number of nitrogens with one attached hydrogen (secondary N) is 1. The summed E-state index contributed by atoms with van der Waals surface area (Å²) in [6, 6.07) is 6.83. The zero-order valence-electron chi connectivity index (χ0n) is 11.4. The SMILES string of the molecule is CCCNC(Cc1ccc(F)cc1Cl)c1cc(Br)sc1Br. The van der Waals surface area contributed by atoms with Crippen molar-refractivity contribution in [2.45, 2.75) is 25.8 Å². The highest BCUT2D eigenvalue weighted by atomic mass is 79.9. The first-order valence-corrected chi connectivity index (χ1v) is 9.41. The lowest BCUT2D eigenvalue weighted by molar-refractivity contribution is 0.528. The Kier molecular flexibility index (Phi) is 6.69. The van der Waals surface area contributed by atoms with Crippen molar-refractivity contribution in [3.8, 4) is 0 Å². The highest BCUT2D eigenvalue weighted by Gasteiger charge is 2.18. The maximum Gasteiger partial charge on any atom is 0.124 e. The zero-order chi connectivity index (χ0) is 15.4. The Morgan fingerprint density at radius 1 is 1.33 bits per heavy atom. The lowest BCUT2D eigenvalue weighted by atomic mass is 10.0. The molecule has 0 aliphatic carbocycles. The number of benzene rings is 1. The van der Waals surface area contributed by atoms with E-state index in [1.54, 1.807) is 17.4 Å². The van der Waals surface area contributed by atoms with Gasteiger partial charge in [-0.05, 0) is 80.6 Å². The van der Waals surface area contributed by atoms with E-state index < -0.39 is 0 Å². The minimum absolute atomic E-state index is 0.143. The largest absolute Gasteiger partial charge is 0.310 e. The molecule has 1 nitrogen and oxygen atoms in total. The van der Waals surface area contributed by atoms with Gasteiger partial charge in [-0.25, -0.2) is 4.39 Å². The van der Waals surface area contributed by atoms with Gasteiger partial charge in [-0.15, -0.1) is 11.3 Å². The van der Waals surface area contributed by atoms with Crippen LogP contribution >= 0.6 is 54.8 Å². The number of rotatable bonds is 6. The summed E-state index contributed by atoms with van der Waals surface area (Å²) in [5, 5.41) is 4.01. The third-order valence-electron chi connectivity index (χ3n) is 3.14. The van der Waals surface area contributed by atoms with Crippen molar-refractivity contribution < 1.29 is 4.39 Å². The van der Waals surface area contributed by atoms with E-state index in [4.69, 9.17) is 11.6 Å². The fourth-order valence-corrected chi connectivity index (χ4v) is 5.33. The second-order valence-corrected chi connectivity index (χ2v) is 8.88. The molecule has 0 bridgehead atoms. The molecule has 1 heterocycles. The molecule has 6 heteroatoms. The molecule has 0 amide bonds. The molecule has 0 fully saturated rings. The summed E-state index contributed by atoms with van der Waals surface area (Å²) in [6.45, 7) is 3.05. The van der Waals surface area contributed by atoms with E-state index in [1.807, 2.05) is 0 Å². The van der Waals surface area contributed by atoms with E-state index in [0.717, 1.165) is 32.5 Å². The van der Waals surface area contributed by atoms with Crippen LogP contribution in [-0.2, 0) is 6.42 Å². The topological polar surface area (TPSA) is 12.0 Å². The molecule has 1 aromatic heterocycles. The molecule has 0 saturated heterocycles. The van der Waals surface area contributed by atoms with Crippen LogP contribution in [-0.4, -0.2) is 6.54 Å². The van der Waals surface area contributed by atoms with Crippen molar-refractivity contribution in [3.63, 3.8) is 0 Å². The molecule has 114 valence electrons. The minimum Gasteiger partial charge on any atom is -0.310 e. The first-order valence-electron chi connectivity index (χ1n) is 6.63. The average molecular weight is 456 g/mol. The van der Waals surface area contributed by atoms with E-state index in [-0.39, 0.29) is 11.9 Å². The molecule has 1 atom stereocenters. The average Bonchev–Trinajstić information content (AvgIpc) is 2.76. The normalized spacial score (nSPS) is 12.6. The fraction of sp³-hybridized carbons (Fsp3) is 0.333. The molecule has 0 saturated carbocycles. The summed E-state index contributed by atoms with van der Waals surface area (Å²) in [7, 11) is 0. The van der Waals surface area contributed by atoms with E-state index in [0.29, 0.717) is 5.02 Å². The predicted molar refractivity (Wildman–Crippen MR) is 95.9 cm³/mol. The molecular weight excluding hydrogens is 440 g/mol.